The van der Waals surface area contributed by atoms with Crippen LogP contribution in [0.4, 0.5) is 18.0 Å². The first kappa shape index (κ1) is 11.0. The molecule has 0 aliphatic heterocycles. The highest BCUT2D eigenvalue weighted by Crippen LogP contribution is 2.14. The lowest BCUT2D eigenvalue weighted by Crippen LogP contribution is -2.48. The largest absolute Gasteiger partial charge is 0.407 e. The lowest BCUT2D eigenvalue weighted by molar-refractivity contribution is -0.141. The van der Waals surface area contributed by atoms with Gasteiger partial charge in [0.25, 0.3) is 0 Å². The number of nitrogens with two attached hydrogens (primary N) is 1. The van der Waals surface area contributed by atoms with Gasteiger partial charge >= 0.3 is 12.2 Å². The highest BCUT2D eigenvalue weighted by atomic mass is 19.4. The molecular formula is C5H10F3N3O. The predicted octanol–water partition coefficient (Wildman–Crippen LogP) is 0.406. The molecule has 12 heavy (non-hydrogen) atoms. The van der Waals surface area contributed by atoms with Gasteiger partial charge < -0.3 is 4.90 Å². The van der Waals surface area contributed by atoms with E-state index in [4.69, 9.17) is 5.84 Å². The van der Waals surface area contributed by atoms with Gasteiger partial charge in [-0.3, -0.25) is 5.01 Å². The average Bonchev–Trinajstić information content (AvgIpc) is 1.82. The molecule has 0 heterocycles. The van der Waals surface area contributed by atoms with E-state index in [0.29, 0.717) is 0 Å². The first-order valence-electron chi connectivity index (χ1n) is 3.04. The maximum atomic E-state index is 11.6. The van der Waals surface area contributed by atoms with Crippen LogP contribution >= 0.6 is 0 Å². The first-order chi connectivity index (χ1) is 5.24. The molecule has 0 aromatic heterocycles. The number of carbonyl (C=O) groups is 1. The fraction of sp³-hybridized carbons (Fsp3) is 0.800. The van der Waals surface area contributed by atoms with Crippen LogP contribution in [0.25, 0.3) is 0 Å². The molecule has 0 radical (unpaired) electrons. The fourth-order valence-electron chi connectivity index (χ4n) is 0.518. The van der Waals surface area contributed by atoms with Crippen molar-refractivity contribution in [1.29, 1.82) is 0 Å². The minimum Gasteiger partial charge on any atom is -0.330 e. The topological polar surface area (TPSA) is 49.6 Å². The first-order valence-corrected chi connectivity index (χ1v) is 3.04. The van der Waals surface area contributed by atoms with Crippen molar-refractivity contribution < 1.29 is 18.0 Å². The molecule has 7 heteroatoms. The normalized spacial score (nSPS) is 11.2. The Hall–Kier alpha value is -0.980. The van der Waals surface area contributed by atoms with Gasteiger partial charge in [-0.15, -0.1) is 0 Å². The third kappa shape index (κ3) is 4.02. The van der Waals surface area contributed by atoms with E-state index in [-0.39, 0.29) is 5.01 Å². The molecular weight excluding hydrogens is 175 g/mol. The van der Waals surface area contributed by atoms with Gasteiger partial charge in [-0.2, -0.15) is 13.2 Å². The number of hydrogen-bond donors (Lipinski definition) is 1. The van der Waals surface area contributed by atoms with Crippen LogP contribution in [0.2, 0.25) is 0 Å². The van der Waals surface area contributed by atoms with E-state index >= 15 is 0 Å². The average molecular weight is 185 g/mol. The Labute approximate surface area is 67.7 Å². The monoisotopic (exact) mass is 185 g/mol. The highest BCUT2D eigenvalue weighted by molar-refractivity contribution is 5.73. The molecule has 0 spiro atoms. The van der Waals surface area contributed by atoms with Crippen LogP contribution in [0.1, 0.15) is 0 Å². The second-order valence-electron chi connectivity index (χ2n) is 2.42. The summed E-state index contributed by atoms with van der Waals surface area (Å²) in [6.45, 7) is -1.44. The summed E-state index contributed by atoms with van der Waals surface area (Å²) in [6.07, 6.45) is -4.46. The van der Waals surface area contributed by atoms with Gasteiger partial charge in [-0.25, -0.2) is 10.6 Å². The molecule has 72 valence electrons. The summed E-state index contributed by atoms with van der Waals surface area (Å²) in [4.78, 5) is 11.7. The van der Waals surface area contributed by atoms with Crippen molar-refractivity contribution in [2.75, 3.05) is 20.6 Å². The summed E-state index contributed by atoms with van der Waals surface area (Å²) >= 11 is 0. The molecule has 2 N–H and O–H groups in total. The summed E-state index contributed by atoms with van der Waals surface area (Å²) in [5, 5.41) is 0.111. The third-order valence-electron chi connectivity index (χ3n) is 0.978. The Kier molecular flexibility index (Phi) is 3.32. The minimum absolute atomic E-state index is 0.111. The van der Waals surface area contributed by atoms with E-state index < -0.39 is 18.8 Å². The lowest BCUT2D eigenvalue weighted by Gasteiger charge is -2.21. The molecule has 0 bridgehead atoms. The van der Waals surface area contributed by atoms with Gasteiger partial charge in [0.15, 0.2) is 0 Å². The van der Waals surface area contributed by atoms with Crippen molar-refractivity contribution in [1.82, 2.24) is 9.91 Å². The zero-order valence-electron chi connectivity index (χ0n) is 6.72. The number of carbonyl (C=O) groups excluding carboxylic acids is 1. The van der Waals surface area contributed by atoms with Crippen LogP contribution < -0.4 is 5.84 Å². The fourth-order valence-corrected chi connectivity index (χ4v) is 0.518. The molecule has 0 aliphatic rings. The Bertz CT molecular complexity index is 168. The predicted molar refractivity (Wildman–Crippen MR) is 36.0 cm³/mol. The second kappa shape index (κ2) is 3.61. The smallest absolute Gasteiger partial charge is 0.330 e. The molecule has 0 rings (SSSR count). The number of hydrogen-bond acceptors (Lipinski definition) is 2. The number of halogens is 3. The number of hydrazine groups is 1. The molecule has 0 aliphatic carbocycles. The summed E-state index contributed by atoms with van der Waals surface area (Å²) in [6, 6.07) is -0.882. The number of rotatable bonds is 1. The van der Waals surface area contributed by atoms with Crippen LogP contribution in [0.15, 0.2) is 0 Å². The van der Waals surface area contributed by atoms with E-state index in [0.717, 1.165) is 4.90 Å². The Balaban J connectivity index is 4.05. The molecule has 0 unspecified atom stereocenters. The van der Waals surface area contributed by atoms with Crippen LogP contribution in [0.5, 0.6) is 0 Å². The molecule has 2 amide bonds. The van der Waals surface area contributed by atoms with Crippen LogP contribution in [-0.2, 0) is 0 Å². The van der Waals surface area contributed by atoms with Gasteiger partial charge in [-0.05, 0) is 0 Å². The van der Waals surface area contributed by atoms with E-state index in [2.05, 4.69) is 0 Å². The summed E-state index contributed by atoms with van der Waals surface area (Å²) in [7, 11) is 2.64. The van der Waals surface area contributed by atoms with Gasteiger partial charge in [0, 0.05) is 14.1 Å². The molecule has 0 saturated carbocycles. The van der Waals surface area contributed by atoms with E-state index in [1.807, 2.05) is 0 Å². The lowest BCUT2D eigenvalue weighted by atomic mass is 10.6. The van der Waals surface area contributed by atoms with Gasteiger partial charge in [0.05, 0.1) is 0 Å². The number of amides is 2. The Morgan fingerprint density at radius 1 is 1.42 bits per heavy atom. The van der Waals surface area contributed by atoms with Gasteiger partial charge in [-0.1, -0.05) is 0 Å². The zero-order chi connectivity index (χ0) is 9.94. The molecule has 0 fully saturated rings. The highest BCUT2D eigenvalue weighted by Gasteiger charge is 2.32. The van der Waals surface area contributed by atoms with Gasteiger partial charge in [0.1, 0.15) is 6.54 Å². The second-order valence-corrected chi connectivity index (χ2v) is 2.42. The molecule has 0 atom stereocenters. The SMILES string of the molecule is CN(C)C(=O)N(N)CC(F)(F)F. The Morgan fingerprint density at radius 2 is 1.83 bits per heavy atom. The number of urea groups is 1. The minimum atomic E-state index is -4.46. The van der Waals surface area contributed by atoms with Crippen molar-refractivity contribution in [3.63, 3.8) is 0 Å². The van der Waals surface area contributed by atoms with E-state index in [9.17, 15) is 18.0 Å². The summed E-state index contributed by atoms with van der Waals surface area (Å²) in [5.41, 5.74) is 0. The zero-order valence-corrected chi connectivity index (χ0v) is 6.72. The maximum Gasteiger partial charge on any atom is 0.407 e. The van der Waals surface area contributed by atoms with Crippen molar-refractivity contribution in [3.8, 4) is 0 Å². The van der Waals surface area contributed by atoms with E-state index in [1.165, 1.54) is 14.1 Å². The van der Waals surface area contributed by atoms with Gasteiger partial charge in [0.2, 0.25) is 0 Å². The molecule has 0 aromatic rings. The summed E-state index contributed by atoms with van der Waals surface area (Å²) in [5.74, 6) is 4.83. The van der Waals surface area contributed by atoms with Crippen LogP contribution in [0.3, 0.4) is 0 Å². The standard InChI is InChI=1S/C5H10F3N3O/c1-10(2)4(12)11(9)3-5(6,7)8/h3,9H2,1-2H3. The quantitative estimate of drug-likeness (QED) is 0.365. The summed E-state index contributed by atoms with van der Waals surface area (Å²) < 4.78 is 34.9. The number of alkyl halides is 3. The van der Waals surface area contributed by atoms with Crippen molar-refractivity contribution in [2.45, 2.75) is 6.18 Å². The van der Waals surface area contributed by atoms with E-state index in [1.54, 1.807) is 0 Å². The molecule has 0 saturated heterocycles. The third-order valence-corrected chi connectivity index (χ3v) is 0.978. The molecule has 0 aromatic carbocycles. The maximum absolute atomic E-state index is 11.6. The van der Waals surface area contributed by atoms with Crippen molar-refractivity contribution in [2.24, 2.45) is 5.84 Å². The van der Waals surface area contributed by atoms with Crippen molar-refractivity contribution >= 4 is 6.03 Å². The van der Waals surface area contributed by atoms with Crippen LogP contribution in [0, 0.1) is 0 Å². The van der Waals surface area contributed by atoms with Crippen molar-refractivity contribution in [3.05, 3.63) is 0 Å². The van der Waals surface area contributed by atoms with Crippen LogP contribution in [-0.4, -0.2) is 42.8 Å². The Morgan fingerprint density at radius 3 is 2.08 bits per heavy atom. The molecule has 4 nitrogen and oxygen atoms in total. The number of nitrogens with zero attached hydrogens (tertiary/aromatic N) is 2.